The number of benzene rings is 3. The lowest BCUT2D eigenvalue weighted by Gasteiger charge is -2.28. The number of thioether (sulfide) groups is 1. The lowest BCUT2D eigenvalue weighted by molar-refractivity contribution is -0.138. The molecule has 3 N–H and O–H groups in total. The topological polar surface area (TPSA) is 143 Å². The molecule has 4 rings (SSSR count). The van der Waals surface area contributed by atoms with Gasteiger partial charge in [-0.1, -0.05) is 6.07 Å². The summed E-state index contributed by atoms with van der Waals surface area (Å²) in [5, 5.41) is 22.9. The van der Waals surface area contributed by atoms with Gasteiger partial charge in [-0.2, -0.15) is 18.4 Å². The highest BCUT2D eigenvalue weighted by atomic mass is 32.2. The molecule has 3 aromatic rings. The first kappa shape index (κ1) is 31.8. The van der Waals surface area contributed by atoms with Gasteiger partial charge in [-0.3, -0.25) is 9.59 Å². The summed E-state index contributed by atoms with van der Waals surface area (Å²) in [5.74, 6) is -2.67. The van der Waals surface area contributed by atoms with E-state index in [0.717, 1.165) is 40.9 Å². The molecule has 0 radical (unpaired) electrons. The van der Waals surface area contributed by atoms with Crippen LogP contribution in [0.5, 0.6) is 0 Å². The number of alkyl halides is 3. The Morgan fingerprint density at radius 3 is 2.32 bits per heavy atom. The number of nitrogens with zero attached hydrogens (tertiary/aromatic N) is 3. The molecule has 0 aromatic heterocycles. The van der Waals surface area contributed by atoms with Gasteiger partial charge in [0.05, 0.1) is 40.9 Å². The van der Waals surface area contributed by atoms with Crippen LogP contribution in [0, 0.1) is 17.1 Å². The number of imide groups is 1. The van der Waals surface area contributed by atoms with Gasteiger partial charge in [-0.15, -0.1) is 11.8 Å². The SMILES string of the molecule is CC1(C)C(=O)N(c2ccc(C#N)c(C(F)(F)F)c2)C(=O)N1Cc1ccc(F)cc1NC(=O)Nc1ccc(SCC(=O)O)cc1. The summed E-state index contributed by atoms with van der Waals surface area (Å²) in [6.07, 6.45) is -4.92. The van der Waals surface area contributed by atoms with Crippen LogP contribution in [-0.4, -0.2) is 45.2 Å². The second-order valence-corrected chi connectivity index (χ2v) is 11.0. The second kappa shape index (κ2) is 12.3. The predicted octanol–water partition coefficient (Wildman–Crippen LogP) is 6.28. The van der Waals surface area contributed by atoms with E-state index in [2.05, 4.69) is 10.6 Å². The van der Waals surface area contributed by atoms with Gasteiger partial charge in [0.15, 0.2) is 0 Å². The number of rotatable bonds is 8. The van der Waals surface area contributed by atoms with Crippen LogP contribution in [0.3, 0.4) is 0 Å². The van der Waals surface area contributed by atoms with E-state index in [1.807, 2.05) is 0 Å². The number of amides is 5. The Kier molecular flexibility index (Phi) is 8.86. The zero-order valence-electron chi connectivity index (χ0n) is 23.0. The van der Waals surface area contributed by atoms with Gasteiger partial charge in [0.1, 0.15) is 11.4 Å². The van der Waals surface area contributed by atoms with Gasteiger partial charge in [0, 0.05) is 10.6 Å². The van der Waals surface area contributed by atoms with Crippen molar-refractivity contribution in [2.75, 3.05) is 21.3 Å². The van der Waals surface area contributed by atoms with E-state index in [0.29, 0.717) is 21.5 Å². The van der Waals surface area contributed by atoms with E-state index < -0.39 is 52.6 Å². The molecule has 1 aliphatic heterocycles. The van der Waals surface area contributed by atoms with Crippen LogP contribution in [0.25, 0.3) is 0 Å². The number of hydrogen-bond acceptors (Lipinski definition) is 6. The summed E-state index contributed by atoms with van der Waals surface area (Å²) in [7, 11) is 0. The van der Waals surface area contributed by atoms with Crippen LogP contribution in [0.15, 0.2) is 65.6 Å². The van der Waals surface area contributed by atoms with Crippen LogP contribution in [0.2, 0.25) is 0 Å². The highest BCUT2D eigenvalue weighted by molar-refractivity contribution is 8.00. The molecule has 3 aromatic carbocycles. The quantitative estimate of drug-likeness (QED) is 0.151. The Morgan fingerprint density at radius 1 is 1.02 bits per heavy atom. The van der Waals surface area contributed by atoms with Gasteiger partial charge in [0.25, 0.3) is 5.91 Å². The maximum atomic E-state index is 14.2. The monoisotopic (exact) mass is 629 g/mol. The van der Waals surface area contributed by atoms with E-state index >= 15 is 0 Å². The first-order valence-corrected chi connectivity index (χ1v) is 13.7. The third-order valence-electron chi connectivity index (χ3n) is 6.63. The van der Waals surface area contributed by atoms with Crippen molar-refractivity contribution in [2.45, 2.75) is 37.0 Å². The lowest BCUT2D eigenvalue weighted by Crippen LogP contribution is -2.43. The largest absolute Gasteiger partial charge is 0.481 e. The van der Waals surface area contributed by atoms with Crippen molar-refractivity contribution < 1.29 is 41.8 Å². The number of hydrogen-bond donors (Lipinski definition) is 3. The maximum Gasteiger partial charge on any atom is 0.417 e. The number of nitrogens with one attached hydrogen (secondary N) is 2. The van der Waals surface area contributed by atoms with Crippen LogP contribution in [-0.2, 0) is 22.3 Å². The first-order valence-electron chi connectivity index (χ1n) is 12.7. The summed E-state index contributed by atoms with van der Waals surface area (Å²) in [4.78, 5) is 52.6. The molecule has 5 amide bonds. The van der Waals surface area contributed by atoms with Crippen LogP contribution < -0.4 is 15.5 Å². The molecule has 0 aliphatic carbocycles. The number of urea groups is 2. The molecule has 1 fully saturated rings. The predicted molar refractivity (Wildman–Crippen MR) is 153 cm³/mol. The summed E-state index contributed by atoms with van der Waals surface area (Å²) in [6, 6.07) is 11.9. The van der Waals surface area contributed by atoms with E-state index in [1.54, 1.807) is 12.1 Å². The van der Waals surface area contributed by atoms with Crippen molar-refractivity contribution in [3.63, 3.8) is 0 Å². The number of nitriles is 1. The Morgan fingerprint density at radius 2 is 1.70 bits per heavy atom. The number of carboxylic acid groups (broad SMARTS) is 1. The van der Waals surface area contributed by atoms with Gasteiger partial charge in [-0.05, 0) is 74.0 Å². The van der Waals surface area contributed by atoms with Gasteiger partial charge in [0.2, 0.25) is 0 Å². The van der Waals surface area contributed by atoms with Crippen molar-refractivity contribution in [2.24, 2.45) is 0 Å². The molecule has 44 heavy (non-hydrogen) atoms. The molecule has 228 valence electrons. The minimum atomic E-state index is -4.92. The summed E-state index contributed by atoms with van der Waals surface area (Å²) < 4.78 is 54.9. The highest BCUT2D eigenvalue weighted by Gasteiger charge is 2.52. The minimum absolute atomic E-state index is 0.0386. The number of carboxylic acids is 1. The third kappa shape index (κ3) is 6.76. The van der Waals surface area contributed by atoms with Gasteiger partial charge >= 0.3 is 24.2 Å². The standard InChI is InChI=1S/C29H23F4N5O5S/c1-28(2)25(41)38(20-8-4-16(13-34)22(12-20)29(31,32)33)27(43)37(28)14-17-3-5-18(30)11-23(17)36-26(42)35-19-6-9-21(10-7-19)44-15-24(39)40/h3-12H,14-15H2,1-2H3,(H,39,40)(H2,35,36,42). The summed E-state index contributed by atoms with van der Waals surface area (Å²) in [5.41, 5.74) is -3.40. The molecule has 0 unspecified atom stereocenters. The van der Waals surface area contributed by atoms with Crippen molar-refractivity contribution in [3.8, 4) is 6.07 Å². The normalized spacial score (nSPS) is 14.4. The molecule has 0 spiro atoms. The Hall–Kier alpha value is -5.10. The Balaban J connectivity index is 1.56. The van der Waals surface area contributed by atoms with Crippen molar-refractivity contribution in [1.29, 1.82) is 5.26 Å². The average Bonchev–Trinajstić information content (AvgIpc) is 3.11. The van der Waals surface area contributed by atoms with Gasteiger partial charge in [-0.25, -0.2) is 18.9 Å². The molecule has 10 nitrogen and oxygen atoms in total. The van der Waals surface area contributed by atoms with Crippen LogP contribution >= 0.6 is 11.8 Å². The van der Waals surface area contributed by atoms with Crippen molar-refractivity contribution >= 4 is 52.8 Å². The zero-order valence-corrected chi connectivity index (χ0v) is 23.8. The molecule has 1 saturated heterocycles. The smallest absolute Gasteiger partial charge is 0.417 e. The number of aliphatic carboxylic acids is 1. The summed E-state index contributed by atoms with van der Waals surface area (Å²) >= 11 is 1.09. The van der Waals surface area contributed by atoms with E-state index in [1.165, 1.54) is 38.1 Å². The minimum Gasteiger partial charge on any atom is -0.481 e. The van der Waals surface area contributed by atoms with E-state index in [-0.39, 0.29) is 29.2 Å². The average molecular weight is 630 g/mol. The van der Waals surface area contributed by atoms with E-state index in [4.69, 9.17) is 10.4 Å². The second-order valence-electron chi connectivity index (χ2n) is 10.00. The molecular formula is C29H23F4N5O5S. The molecule has 15 heteroatoms. The summed E-state index contributed by atoms with van der Waals surface area (Å²) in [6.45, 7) is 2.45. The highest BCUT2D eigenvalue weighted by Crippen LogP contribution is 2.38. The lowest BCUT2D eigenvalue weighted by atomic mass is 10.0. The fourth-order valence-corrected chi connectivity index (χ4v) is 4.99. The fourth-order valence-electron chi connectivity index (χ4n) is 4.37. The fraction of sp³-hybridized carbons (Fsp3) is 0.207. The molecule has 0 bridgehead atoms. The number of halogens is 4. The van der Waals surface area contributed by atoms with E-state index in [9.17, 15) is 36.7 Å². The molecule has 1 heterocycles. The molecule has 0 atom stereocenters. The first-order chi connectivity index (χ1) is 20.6. The zero-order chi connectivity index (χ0) is 32.4. The van der Waals surface area contributed by atoms with Crippen LogP contribution in [0.1, 0.15) is 30.5 Å². The van der Waals surface area contributed by atoms with Crippen LogP contribution in [0.4, 0.5) is 44.2 Å². The van der Waals surface area contributed by atoms with Gasteiger partial charge < -0.3 is 20.6 Å². The Bertz CT molecular complexity index is 1690. The third-order valence-corrected chi connectivity index (χ3v) is 7.63. The number of anilines is 3. The maximum absolute atomic E-state index is 14.2. The number of carbonyl (C=O) groups is 4. The van der Waals surface area contributed by atoms with Crippen molar-refractivity contribution in [1.82, 2.24) is 4.90 Å². The molecule has 1 aliphatic rings. The Labute approximate surface area is 252 Å². The van der Waals surface area contributed by atoms with Crippen molar-refractivity contribution in [3.05, 3.63) is 83.2 Å². The molecular weight excluding hydrogens is 606 g/mol. The number of carbonyl (C=O) groups excluding carboxylic acids is 3. The molecule has 0 saturated carbocycles.